The lowest BCUT2D eigenvalue weighted by Gasteiger charge is -2.11. The van der Waals surface area contributed by atoms with Gasteiger partial charge in [0.1, 0.15) is 6.04 Å². The van der Waals surface area contributed by atoms with Gasteiger partial charge in [-0.25, -0.2) is 0 Å². The highest BCUT2D eigenvalue weighted by molar-refractivity contribution is 5.27. The van der Waals surface area contributed by atoms with Gasteiger partial charge in [0.15, 0.2) is 0 Å². The molecule has 0 bridgehead atoms. The Morgan fingerprint density at radius 1 is 1.27 bits per heavy atom. The van der Waals surface area contributed by atoms with Gasteiger partial charge in [-0.1, -0.05) is 12.1 Å². The van der Waals surface area contributed by atoms with Crippen LogP contribution in [0.4, 0.5) is 13.2 Å². The Kier molecular flexibility index (Phi) is 2.69. The number of halogens is 3. The molecule has 1 aromatic carbocycles. The summed E-state index contributed by atoms with van der Waals surface area (Å²) in [6.45, 7) is 1.01. The van der Waals surface area contributed by atoms with Crippen molar-refractivity contribution in [2.45, 2.75) is 25.1 Å². The second kappa shape index (κ2) is 3.85. The summed E-state index contributed by atoms with van der Waals surface area (Å²) in [6, 6.07) is 5.88. The molecule has 1 heterocycles. The van der Waals surface area contributed by atoms with E-state index in [1.165, 1.54) is 12.1 Å². The Balaban J connectivity index is 2.26. The highest BCUT2D eigenvalue weighted by atomic mass is 19.4. The van der Waals surface area contributed by atoms with Gasteiger partial charge in [0.05, 0.1) is 12.1 Å². The third kappa shape index (κ3) is 2.31. The van der Waals surface area contributed by atoms with Crippen LogP contribution in [0.15, 0.2) is 24.3 Å². The largest absolute Gasteiger partial charge is 0.416 e. The number of alkyl halides is 3. The van der Waals surface area contributed by atoms with Crippen LogP contribution < -0.4 is 5.32 Å². The van der Waals surface area contributed by atoms with Gasteiger partial charge in [0.25, 0.3) is 0 Å². The maximum absolute atomic E-state index is 12.4. The summed E-state index contributed by atoms with van der Waals surface area (Å²) < 4.78 is 37.3. The highest BCUT2D eigenvalue weighted by Crippen LogP contribution is 2.31. The van der Waals surface area contributed by atoms with Crippen LogP contribution in [-0.2, 0) is 6.18 Å². The fourth-order valence-electron chi connectivity index (χ4n) is 2.02. The van der Waals surface area contributed by atoms with E-state index in [1.807, 2.05) is 0 Å². The van der Waals surface area contributed by atoms with Crippen LogP contribution in [0.25, 0.3) is 0 Å². The van der Waals surface area contributed by atoms with Crippen molar-refractivity contribution in [3.8, 4) is 0 Å². The zero-order chi connectivity index (χ0) is 10.9. The van der Waals surface area contributed by atoms with Crippen molar-refractivity contribution in [3.05, 3.63) is 35.4 Å². The maximum atomic E-state index is 12.4. The number of nitrogens with two attached hydrogens (primary N) is 1. The second-order valence-electron chi connectivity index (χ2n) is 3.90. The van der Waals surface area contributed by atoms with Crippen LogP contribution in [-0.4, -0.2) is 6.54 Å². The van der Waals surface area contributed by atoms with Crippen LogP contribution in [0, 0.1) is 0 Å². The minimum absolute atomic E-state index is 0.215. The first-order valence-corrected chi connectivity index (χ1v) is 5.08. The Labute approximate surface area is 86.3 Å². The molecule has 1 nitrogen and oxygen atoms in total. The first kappa shape index (κ1) is 10.5. The molecule has 0 saturated carbocycles. The zero-order valence-corrected chi connectivity index (χ0v) is 8.22. The number of rotatable bonds is 1. The topological polar surface area (TPSA) is 16.6 Å². The van der Waals surface area contributed by atoms with Crippen LogP contribution in [0.3, 0.4) is 0 Å². The Hall–Kier alpha value is -1.03. The molecule has 2 N–H and O–H groups in total. The van der Waals surface area contributed by atoms with Crippen molar-refractivity contribution in [3.63, 3.8) is 0 Å². The SMILES string of the molecule is FC(F)(F)c1cccc([C@H]2CCC[NH2+]2)c1. The van der Waals surface area contributed by atoms with Gasteiger partial charge in [-0.15, -0.1) is 0 Å². The van der Waals surface area contributed by atoms with E-state index in [0.717, 1.165) is 31.0 Å². The predicted octanol–water partition coefficient (Wildman–Crippen LogP) is 2.10. The van der Waals surface area contributed by atoms with E-state index < -0.39 is 11.7 Å². The van der Waals surface area contributed by atoms with Gasteiger partial charge in [0, 0.05) is 18.4 Å². The molecule has 1 aliphatic rings. The van der Waals surface area contributed by atoms with Crippen molar-refractivity contribution in [2.24, 2.45) is 0 Å². The molecule has 1 fully saturated rings. The first-order valence-electron chi connectivity index (χ1n) is 5.08. The molecule has 0 unspecified atom stereocenters. The molecule has 0 aliphatic carbocycles. The highest BCUT2D eigenvalue weighted by Gasteiger charge is 2.31. The van der Waals surface area contributed by atoms with E-state index in [2.05, 4.69) is 5.32 Å². The third-order valence-electron chi connectivity index (χ3n) is 2.81. The number of quaternary nitrogens is 1. The molecule has 1 atom stereocenters. The van der Waals surface area contributed by atoms with E-state index in [4.69, 9.17) is 0 Å². The Bertz CT molecular complexity index is 340. The molecule has 1 aromatic rings. The number of hydrogen-bond donors (Lipinski definition) is 1. The fraction of sp³-hybridized carbons (Fsp3) is 0.455. The molecule has 0 radical (unpaired) electrons. The van der Waals surface area contributed by atoms with Gasteiger partial charge in [-0.3, -0.25) is 0 Å². The normalized spacial score (nSPS) is 21.9. The van der Waals surface area contributed by atoms with Crippen LogP contribution >= 0.6 is 0 Å². The number of benzene rings is 1. The van der Waals surface area contributed by atoms with Crippen molar-refractivity contribution in [1.82, 2.24) is 0 Å². The lowest BCUT2D eigenvalue weighted by Crippen LogP contribution is -2.81. The van der Waals surface area contributed by atoms with Gasteiger partial charge >= 0.3 is 6.18 Å². The second-order valence-corrected chi connectivity index (χ2v) is 3.90. The fourth-order valence-corrected chi connectivity index (χ4v) is 2.02. The smallest absolute Gasteiger partial charge is 0.340 e. The summed E-state index contributed by atoms with van der Waals surface area (Å²) in [7, 11) is 0. The summed E-state index contributed by atoms with van der Waals surface area (Å²) in [5, 5.41) is 2.11. The molecule has 1 aliphatic heterocycles. The van der Waals surface area contributed by atoms with E-state index in [1.54, 1.807) is 6.07 Å². The summed E-state index contributed by atoms with van der Waals surface area (Å²) in [5.41, 5.74) is 0.252. The lowest BCUT2D eigenvalue weighted by molar-refractivity contribution is -0.676. The Morgan fingerprint density at radius 3 is 2.67 bits per heavy atom. The Morgan fingerprint density at radius 2 is 2.07 bits per heavy atom. The van der Waals surface area contributed by atoms with E-state index in [9.17, 15) is 13.2 Å². The summed E-state index contributed by atoms with van der Waals surface area (Å²) >= 11 is 0. The summed E-state index contributed by atoms with van der Waals surface area (Å²) in [5.74, 6) is 0. The molecular formula is C11H13F3N+. The molecule has 0 spiro atoms. The standard InChI is InChI=1S/C11H12F3N/c12-11(13,14)9-4-1-3-8(7-9)10-5-2-6-15-10/h1,3-4,7,10,15H,2,5-6H2/p+1/t10-/m1/s1. The molecule has 82 valence electrons. The lowest BCUT2D eigenvalue weighted by atomic mass is 10.0. The van der Waals surface area contributed by atoms with Gasteiger partial charge < -0.3 is 5.32 Å². The molecular weight excluding hydrogens is 203 g/mol. The van der Waals surface area contributed by atoms with Crippen molar-refractivity contribution >= 4 is 0 Å². The van der Waals surface area contributed by atoms with Crippen molar-refractivity contribution in [2.75, 3.05) is 6.54 Å². The van der Waals surface area contributed by atoms with Gasteiger partial charge in [0.2, 0.25) is 0 Å². The van der Waals surface area contributed by atoms with E-state index in [-0.39, 0.29) is 6.04 Å². The number of hydrogen-bond acceptors (Lipinski definition) is 0. The van der Waals surface area contributed by atoms with Crippen LogP contribution in [0.1, 0.15) is 30.0 Å². The van der Waals surface area contributed by atoms with Gasteiger partial charge in [-0.05, 0) is 12.1 Å². The minimum atomic E-state index is -4.23. The minimum Gasteiger partial charge on any atom is -0.340 e. The third-order valence-corrected chi connectivity index (χ3v) is 2.81. The molecule has 2 rings (SSSR count). The van der Waals surface area contributed by atoms with E-state index >= 15 is 0 Å². The van der Waals surface area contributed by atoms with Crippen LogP contribution in [0.5, 0.6) is 0 Å². The maximum Gasteiger partial charge on any atom is 0.416 e. The van der Waals surface area contributed by atoms with Gasteiger partial charge in [-0.2, -0.15) is 13.2 Å². The van der Waals surface area contributed by atoms with Crippen LogP contribution in [0.2, 0.25) is 0 Å². The van der Waals surface area contributed by atoms with Crippen molar-refractivity contribution < 1.29 is 18.5 Å². The molecule has 15 heavy (non-hydrogen) atoms. The van der Waals surface area contributed by atoms with Crippen molar-refractivity contribution in [1.29, 1.82) is 0 Å². The molecule has 1 saturated heterocycles. The molecule has 0 aromatic heterocycles. The van der Waals surface area contributed by atoms with E-state index in [0.29, 0.717) is 0 Å². The molecule has 0 amide bonds. The zero-order valence-electron chi connectivity index (χ0n) is 8.22. The quantitative estimate of drug-likeness (QED) is 0.740. The predicted molar refractivity (Wildman–Crippen MR) is 50.2 cm³/mol. The molecule has 4 heteroatoms. The average molecular weight is 216 g/mol. The first-order chi connectivity index (χ1) is 7.07. The monoisotopic (exact) mass is 216 g/mol. The summed E-state index contributed by atoms with van der Waals surface area (Å²) in [6.07, 6.45) is -2.17. The average Bonchev–Trinajstić information content (AvgIpc) is 2.69. The summed E-state index contributed by atoms with van der Waals surface area (Å²) in [4.78, 5) is 0.